The summed E-state index contributed by atoms with van der Waals surface area (Å²) in [5.74, 6) is 1.71. The van der Waals surface area contributed by atoms with Gasteiger partial charge in [0.05, 0.1) is 0 Å². The van der Waals surface area contributed by atoms with Crippen molar-refractivity contribution in [3.8, 4) is 0 Å². The van der Waals surface area contributed by atoms with Gasteiger partial charge in [-0.1, -0.05) is 41.0 Å². The minimum atomic E-state index is 0.844. The first-order valence-corrected chi connectivity index (χ1v) is 5.87. The summed E-state index contributed by atoms with van der Waals surface area (Å²) < 4.78 is 0. The molecule has 2 unspecified atom stereocenters. The zero-order valence-electron chi connectivity index (χ0n) is 10.1. The van der Waals surface area contributed by atoms with Gasteiger partial charge in [0.25, 0.3) is 0 Å². The van der Waals surface area contributed by atoms with Crippen LogP contribution in [-0.2, 0) is 0 Å². The fourth-order valence-corrected chi connectivity index (χ4v) is 1.68. The van der Waals surface area contributed by atoms with Gasteiger partial charge in [0.2, 0.25) is 0 Å². The molecule has 80 valence electrons. The van der Waals surface area contributed by atoms with Crippen molar-refractivity contribution in [2.75, 3.05) is 19.6 Å². The summed E-state index contributed by atoms with van der Waals surface area (Å²) in [5, 5.41) is 0. The van der Waals surface area contributed by atoms with E-state index < -0.39 is 0 Å². The fourth-order valence-electron chi connectivity index (χ4n) is 1.68. The molecule has 1 nitrogen and oxygen atoms in total. The van der Waals surface area contributed by atoms with Gasteiger partial charge in [-0.05, 0) is 31.3 Å². The molecule has 0 aromatic heterocycles. The first-order chi connectivity index (χ1) is 6.15. The number of rotatable bonds is 7. The van der Waals surface area contributed by atoms with Gasteiger partial charge < -0.3 is 4.90 Å². The molecule has 13 heavy (non-hydrogen) atoms. The third-order valence-corrected chi connectivity index (χ3v) is 3.15. The van der Waals surface area contributed by atoms with E-state index in [4.69, 9.17) is 0 Å². The average Bonchev–Trinajstić information content (AvgIpc) is 2.15. The lowest BCUT2D eigenvalue weighted by Gasteiger charge is -2.26. The van der Waals surface area contributed by atoms with Crippen molar-refractivity contribution < 1.29 is 0 Å². The topological polar surface area (TPSA) is 3.24 Å². The Kier molecular flexibility index (Phi) is 7.35. The minimum absolute atomic E-state index is 0.844. The Hall–Kier alpha value is -0.0400. The lowest BCUT2D eigenvalue weighted by atomic mass is 9.93. The molecule has 0 amide bonds. The molecular weight excluding hydrogens is 158 g/mol. The van der Waals surface area contributed by atoms with Crippen LogP contribution in [-0.4, -0.2) is 24.5 Å². The molecule has 0 rings (SSSR count). The molecule has 0 N–H and O–H groups in total. The van der Waals surface area contributed by atoms with Gasteiger partial charge in [-0.15, -0.1) is 0 Å². The molecule has 0 aliphatic heterocycles. The van der Waals surface area contributed by atoms with E-state index in [0.717, 1.165) is 11.8 Å². The van der Waals surface area contributed by atoms with Crippen LogP contribution in [0.5, 0.6) is 0 Å². The first-order valence-electron chi connectivity index (χ1n) is 5.87. The van der Waals surface area contributed by atoms with Crippen LogP contribution in [0.4, 0.5) is 0 Å². The molecular formula is C12H27N. The van der Waals surface area contributed by atoms with Crippen LogP contribution in [0.15, 0.2) is 0 Å². The van der Waals surface area contributed by atoms with Crippen molar-refractivity contribution in [2.45, 2.75) is 47.5 Å². The van der Waals surface area contributed by atoms with Gasteiger partial charge in [-0.25, -0.2) is 0 Å². The van der Waals surface area contributed by atoms with E-state index >= 15 is 0 Å². The summed E-state index contributed by atoms with van der Waals surface area (Å²) in [6.07, 6.45) is 2.59. The Bertz CT molecular complexity index is 112. The molecule has 0 heterocycles. The lowest BCUT2D eigenvalue weighted by molar-refractivity contribution is 0.212. The van der Waals surface area contributed by atoms with Crippen LogP contribution in [0, 0.1) is 11.8 Å². The zero-order chi connectivity index (χ0) is 10.3. The van der Waals surface area contributed by atoms with E-state index in [1.165, 1.54) is 32.5 Å². The molecule has 2 atom stereocenters. The Labute approximate surface area is 84.5 Å². The molecule has 0 spiro atoms. The summed E-state index contributed by atoms with van der Waals surface area (Å²) >= 11 is 0. The van der Waals surface area contributed by atoms with E-state index in [1.807, 2.05) is 0 Å². The molecule has 0 aliphatic rings. The molecule has 0 bridgehead atoms. The van der Waals surface area contributed by atoms with Gasteiger partial charge in [-0.3, -0.25) is 0 Å². The highest BCUT2D eigenvalue weighted by atomic mass is 15.1. The molecule has 0 saturated heterocycles. The number of hydrogen-bond acceptors (Lipinski definition) is 1. The third kappa shape index (κ3) is 5.30. The maximum atomic E-state index is 2.57. The van der Waals surface area contributed by atoms with Gasteiger partial charge in [0.15, 0.2) is 0 Å². The van der Waals surface area contributed by atoms with Crippen LogP contribution < -0.4 is 0 Å². The second kappa shape index (κ2) is 7.37. The predicted octanol–water partition coefficient (Wildman–Crippen LogP) is 3.40. The second-order valence-electron chi connectivity index (χ2n) is 4.26. The van der Waals surface area contributed by atoms with E-state index in [0.29, 0.717) is 0 Å². The van der Waals surface area contributed by atoms with Crippen LogP contribution in [0.2, 0.25) is 0 Å². The predicted molar refractivity (Wildman–Crippen MR) is 61.0 cm³/mol. The van der Waals surface area contributed by atoms with E-state index in [9.17, 15) is 0 Å². The Morgan fingerprint density at radius 3 is 2.00 bits per heavy atom. The molecule has 0 saturated carbocycles. The van der Waals surface area contributed by atoms with Crippen LogP contribution >= 0.6 is 0 Å². The third-order valence-electron chi connectivity index (χ3n) is 3.15. The first kappa shape index (κ1) is 13.0. The van der Waals surface area contributed by atoms with E-state index in [1.54, 1.807) is 0 Å². The van der Waals surface area contributed by atoms with Crippen molar-refractivity contribution in [2.24, 2.45) is 11.8 Å². The molecule has 0 fully saturated rings. The van der Waals surface area contributed by atoms with E-state index in [-0.39, 0.29) is 0 Å². The molecule has 0 aromatic carbocycles. The molecule has 0 aliphatic carbocycles. The van der Waals surface area contributed by atoms with Crippen LogP contribution in [0.25, 0.3) is 0 Å². The average molecular weight is 185 g/mol. The summed E-state index contributed by atoms with van der Waals surface area (Å²) in [6.45, 7) is 15.3. The summed E-state index contributed by atoms with van der Waals surface area (Å²) in [4.78, 5) is 2.57. The summed E-state index contributed by atoms with van der Waals surface area (Å²) in [5.41, 5.74) is 0. The Morgan fingerprint density at radius 2 is 1.62 bits per heavy atom. The Morgan fingerprint density at radius 1 is 1.00 bits per heavy atom. The number of hydrogen-bond donors (Lipinski definition) is 0. The Balaban J connectivity index is 3.78. The zero-order valence-corrected chi connectivity index (χ0v) is 10.1. The van der Waals surface area contributed by atoms with Crippen molar-refractivity contribution >= 4 is 0 Å². The molecule has 0 radical (unpaired) electrons. The second-order valence-corrected chi connectivity index (χ2v) is 4.26. The minimum Gasteiger partial charge on any atom is -0.303 e. The monoisotopic (exact) mass is 185 g/mol. The lowest BCUT2D eigenvalue weighted by Crippen LogP contribution is -2.31. The SMILES string of the molecule is CCCN(CC)CC(C)C(C)CC. The largest absolute Gasteiger partial charge is 0.303 e. The molecule has 1 heteroatoms. The maximum absolute atomic E-state index is 2.57. The van der Waals surface area contributed by atoms with Gasteiger partial charge in [0, 0.05) is 6.54 Å². The highest BCUT2D eigenvalue weighted by Gasteiger charge is 2.13. The van der Waals surface area contributed by atoms with Crippen LogP contribution in [0.1, 0.15) is 47.5 Å². The van der Waals surface area contributed by atoms with Crippen molar-refractivity contribution in [3.63, 3.8) is 0 Å². The van der Waals surface area contributed by atoms with Crippen molar-refractivity contribution in [3.05, 3.63) is 0 Å². The number of nitrogens with zero attached hydrogens (tertiary/aromatic N) is 1. The highest BCUT2D eigenvalue weighted by molar-refractivity contribution is 4.65. The summed E-state index contributed by atoms with van der Waals surface area (Å²) in [7, 11) is 0. The summed E-state index contributed by atoms with van der Waals surface area (Å²) in [6, 6.07) is 0. The maximum Gasteiger partial charge on any atom is 0.000944 e. The van der Waals surface area contributed by atoms with Crippen LogP contribution in [0.3, 0.4) is 0 Å². The molecule has 0 aromatic rings. The van der Waals surface area contributed by atoms with Crippen molar-refractivity contribution in [1.29, 1.82) is 0 Å². The fraction of sp³-hybridized carbons (Fsp3) is 1.00. The van der Waals surface area contributed by atoms with E-state index in [2.05, 4.69) is 39.5 Å². The van der Waals surface area contributed by atoms with Gasteiger partial charge in [-0.2, -0.15) is 0 Å². The standard InChI is InChI=1S/C12H27N/c1-6-9-13(8-3)10-12(5)11(4)7-2/h11-12H,6-10H2,1-5H3. The van der Waals surface area contributed by atoms with Gasteiger partial charge >= 0.3 is 0 Å². The smallest absolute Gasteiger partial charge is 0.000944 e. The van der Waals surface area contributed by atoms with Crippen molar-refractivity contribution in [1.82, 2.24) is 4.90 Å². The highest BCUT2D eigenvalue weighted by Crippen LogP contribution is 2.15. The quantitative estimate of drug-likeness (QED) is 0.587. The van der Waals surface area contributed by atoms with Gasteiger partial charge in [0.1, 0.15) is 0 Å². The normalized spacial score (nSPS) is 16.2.